The molecule has 0 saturated carbocycles. The molecule has 0 radical (unpaired) electrons. The van der Waals surface area contributed by atoms with Crippen LogP contribution in [0.15, 0.2) is 30.3 Å². The average molecular weight is 324 g/mol. The summed E-state index contributed by atoms with van der Waals surface area (Å²) >= 11 is 0. The number of Topliss-reactive ketones (excluding diaryl/α,β-unsaturated/α-hetero) is 1. The third kappa shape index (κ3) is 3.59. The number of carbonyl (C=O) groups excluding carboxylic acids is 2. The van der Waals surface area contributed by atoms with Gasteiger partial charge in [0.05, 0.1) is 0 Å². The zero-order chi connectivity index (χ0) is 17.1. The number of aryl methyl sites for hydroxylation is 1. The van der Waals surface area contributed by atoms with Crippen molar-refractivity contribution in [3.05, 3.63) is 47.3 Å². The molecule has 0 spiro atoms. The van der Waals surface area contributed by atoms with E-state index in [1.165, 1.54) is 6.92 Å². The van der Waals surface area contributed by atoms with Crippen molar-refractivity contribution in [3.8, 4) is 0 Å². The normalized spacial score (nSPS) is 13.8. The van der Waals surface area contributed by atoms with Gasteiger partial charge in [0.1, 0.15) is 5.69 Å². The van der Waals surface area contributed by atoms with E-state index in [9.17, 15) is 9.59 Å². The number of hydrogen-bond acceptors (Lipinski definition) is 5. The minimum absolute atomic E-state index is 0.00504. The van der Waals surface area contributed by atoms with Gasteiger partial charge in [-0.15, -0.1) is 0 Å². The van der Waals surface area contributed by atoms with Gasteiger partial charge in [-0.3, -0.25) is 9.59 Å². The number of amides is 1. The molecule has 1 aromatic carbocycles. The van der Waals surface area contributed by atoms with Crippen LogP contribution in [-0.4, -0.2) is 34.7 Å². The fraction of sp³-hybridized carbons (Fsp3) is 0.333. The highest BCUT2D eigenvalue weighted by Crippen LogP contribution is 2.17. The molecular formula is C18H20N4O2. The Hall–Kier alpha value is -2.76. The van der Waals surface area contributed by atoms with E-state index < -0.39 is 0 Å². The number of nitrogens with one attached hydrogen (secondary N) is 1. The molecule has 0 atom stereocenters. The first-order chi connectivity index (χ1) is 11.5. The van der Waals surface area contributed by atoms with E-state index in [2.05, 4.69) is 20.2 Å². The van der Waals surface area contributed by atoms with Gasteiger partial charge in [-0.2, -0.15) is 0 Å². The second-order valence-electron chi connectivity index (χ2n) is 5.98. The standard InChI is InChI=1S/C18H20N4O2/c1-12-11-16(21-18(19-12)22-9-3-4-10-22)17(24)20-15-7-5-14(6-8-15)13(2)23/h5-8,11H,3-4,9-10H2,1-2H3,(H,20,24). The zero-order valence-electron chi connectivity index (χ0n) is 13.9. The Labute approximate surface area is 140 Å². The number of hydrogen-bond donors (Lipinski definition) is 1. The van der Waals surface area contributed by atoms with Crippen molar-refractivity contribution in [1.82, 2.24) is 9.97 Å². The molecule has 2 heterocycles. The maximum Gasteiger partial charge on any atom is 0.274 e. The van der Waals surface area contributed by atoms with Gasteiger partial charge in [0.25, 0.3) is 5.91 Å². The molecule has 3 rings (SSSR count). The molecule has 6 heteroatoms. The predicted octanol–water partition coefficient (Wildman–Crippen LogP) is 2.84. The van der Waals surface area contributed by atoms with Crippen molar-refractivity contribution in [2.45, 2.75) is 26.7 Å². The molecule has 0 aliphatic carbocycles. The molecule has 124 valence electrons. The number of aromatic nitrogens is 2. The maximum absolute atomic E-state index is 12.5. The van der Waals surface area contributed by atoms with Crippen LogP contribution in [0.4, 0.5) is 11.6 Å². The quantitative estimate of drug-likeness (QED) is 0.875. The lowest BCUT2D eigenvalue weighted by Gasteiger charge is -2.16. The second kappa shape index (κ2) is 6.78. The van der Waals surface area contributed by atoms with Gasteiger partial charge >= 0.3 is 0 Å². The summed E-state index contributed by atoms with van der Waals surface area (Å²) in [4.78, 5) is 34.7. The van der Waals surface area contributed by atoms with Crippen LogP contribution in [-0.2, 0) is 0 Å². The van der Waals surface area contributed by atoms with Gasteiger partial charge in [-0.05, 0) is 57.0 Å². The van der Waals surface area contributed by atoms with Crippen LogP contribution in [0.2, 0.25) is 0 Å². The summed E-state index contributed by atoms with van der Waals surface area (Å²) in [6, 6.07) is 8.49. The van der Waals surface area contributed by atoms with Crippen LogP contribution in [0, 0.1) is 6.92 Å². The number of carbonyl (C=O) groups is 2. The largest absolute Gasteiger partial charge is 0.341 e. The molecule has 0 unspecified atom stereocenters. The Balaban J connectivity index is 1.78. The topological polar surface area (TPSA) is 75.2 Å². The first-order valence-corrected chi connectivity index (χ1v) is 8.06. The molecule has 0 bridgehead atoms. The summed E-state index contributed by atoms with van der Waals surface area (Å²) in [5, 5.41) is 2.81. The zero-order valence-corrected chi connectivity index (χ0v) is 13.9. The summed E-state index contributed by atoms with van der Waals surface area (Å²) in [6.45, 7) is 5.23. The molecule has 1 fully saturated rings. The molecule has 1 amide bonds. The highest BCUT2D eigenvalue weighted by Gasteiger charge is 2.18. The van der Waals surface area contributed by atoms with E-state index >= 15 is 0 Å². The molecule has 2 aromatic rings. The lowest BCUT2D eigenvalue weighted by Crippen LogP contribution is -2.23. The van der Waals surface area contributed by atoms with Crippen molar-refractivity contribution < 1.29 is 9.59 Å². The highest BCUT2D eigenvalue weighted by atomic mass is 16.2. The summed E-state index contributed by atoms with van der Waals surface area (Å²) in [7, 11) is 0. The molecule has 1 aromatic heterocycles. The summed E-state index contributed by atoms with van der Waals surface area (Å²) in [6.07, 6.45) is 2.25. The van der Waals surface area contributed by atoms with Gasteiger partial charge in [0.2, 0.25) is 5.95 Å². The molecule has 1 N–H and O–H groups in total. The Kier molecular flexibility index (Phi) is 4.55. The first kappa shape index (κ1) is 16.1. The summed E-state index contributed by atoms with van der Waals surface area (Å²) in [5.41, 5.74) is 2.36. The molecule has 1 aliphatic rings. The van der Waals surface area contributed by atoms with E-state index in [-0.39, 0.29) is 11.7 Å². The fourth-order valence-corrected chi connectivity index (χ4v) is 2.71. The lowest BCUT2D eigenvalue weighted by atomic mass is 10.1. The molecule has 1 aliphatic heterocycles. The second-order valence-corrected chi connectivity index (χ2v) is 5.98. The van der Waals surface area contributed by atoms with E-state index in [0.29, 0.717) is 22.9 Å². The third-order valence-electron chi connectivity index (χ3n) is 4.01. The summed E-state index contributed by atoms with van der Waals surface area (Å²) < 4.78 is 0. The molecule has 1 saturated heterocycles. The minimum Gasteiger partial charge on any atom is -0.341 e. The third-order valence-corrected chi connectivity index (χ3v) is 4.01. The van der Waals surface area contributed by atoms with E-state index in [0.717, 1.165) is 31.6 Å². The Morgan fingerprint density at radius 1 is 1.08 bits per heavy atom. The smallest absolute Gasteiger partial charge is 0.274 e. The van der Waals surface area contributed by atoms with E-state index in [1.54, 1.807) is 30.3 Å². The SMILES string of the molecule is CC(=O)c1ccc(NC(=O)c2cc(C)nc(N3CCCC3)n2)cc1. The van der Waals surface area contributed by atoms with Crippen LogP contribution in [0.3, 0.4) is 0 Å². The Morgan fingerprint density at radius 2 is 1.75 bits per heavy atom. The van der Waals surface area contributed by atoms with Gasteiger partial charge in [0.15, 0.2) is 5.78 Å². The maximum atomic E-state index is 12.5. The van der Waals surface area contributed by atoms with Crippen LogP contribution in [0.5, 0.6) is 0 Å². The number of nitrogens with zero attached hydrogens (tertiary/aromatic N) is 3. The lowest BCUT2D eigenvalue weighted by molar-refractivity contribution is 0.101. The number of anilines is 2. The monoisotopic (exact) mass is 324 g/mol. The minimum atomic E-state index is -0.281. The van der Waals surface area contributed by atoms with Crippen LogP contribution >= 0.6 is 0 Å². The Bertz CT molecular complexity index is 765. The van der Waals surface area contributed by atoms with Crippen LogP contribution < -0.4 is 10.2 Å². The van der Waals surface area contributed by atoms with Crippen molar-refractivity contribution in [2.24, 2.45) is 0 Å². The number of rotatable bonds is 4. The first-order valence-electron chi connectivity index (χ1n) is 8.06. The van der Waals surface area contributed by atoms with Crippen molar-refractivity contribution >= 4 is 23.3 Å². The predicted molar refractivity (Wildman–Crippen MR) is 92.6 cm³/mol. The highest BCUT2D eigenvalue weighted by molar-refractivity contribution is 6.03. The van der Waals surface area contributed by atoms with Crippen LogP contribution in [0.25, 0.3) is 0 Å². The number of benzene rings is 1. The van der Waals surface area contributed by atoms with Crippen LogP contribution in [0.1, 0.15) is 46.3 Å². The van der Waals surface area contributed by atoms with E-state index in [1.807, 2.05) is 6.92 Å². The Morgan fingerprint density at radius 3 is 2.38 bits per heavy atom. The average Bonchev–Trinajstić information content (AvgIpc) is 3.09. The van der Waals surface area contributed by atoms with Gasteiger partial charge in [-0.1, -0.05) is 0 Å². The van der Waals surface area contributed by atoms with Gasteiger partial charge < -0.3 is 10.2 Å². The van der Waals surface area contributed by atoms with Gasteiger partial charge in [0, 0.05) is 30.0 Å². The fourth-order valence-electron chi connectivity index (χ4n) is 2.71. The van der Waals surface area contributed by atoms with E-state index in [4.69, 9.17) is 0 Å². The van der Waals surface area contributed by atoms with Crippen molar-refractivity contribution in [3.63, 3.8) is 0 Å². The molecular weight excluding hydrogens is 304 g/mol. The van der Waals surface area contributed by atoms with Gasteiger partial charge in [-0.25, -0.2) is 9.97 Å². The summed E-state index contributed by atoms with van der Waals surface area (Å²) in [5.74, 6) is 0.329. The number of ketones is 1. The molecule has 24 heavy (non-hydrogen) atoms. The van der Waals surface area contributed by atoms with Crippen molar-refractivity contribution in [2.75, 3.05) is 23.3 Å². The van der Waals surface area contributed by atoms with Crippen molar-refractivity contribution in [1.29, 1.82) is 0 Å². The molecule has 6 nitrogen and oxygen atoms in total.